The van der Waals surface area contributed by atoms with E-state index >= 15 is 0 Å². The van der Waals surface area contributed by atoms with Gasteiger partial charge in [0.25, 0.3) is 11.8 Å². The number of rotatable bonds is 6. The number of aromatic hydroxyl groups is 2. The Kier molecular flexibility index (Phi) is 8.76. The number of hydrogen-bond donors (Lipinski definition) is 4. The fourth-order valence-corrected chi connectivity index (χ4v) is 5.83. The Balaban J connectivity index is 0.00000384. The Bertz CT molecular complexity index is 1820. The van der Waals surface area contributed by atoms with E-state index in [-0.39, 0.29) is 35.9 Å². The predicted molar refractivity (Wildman–Crippen MR) is 174 cm³/mol. The number of nitrogens with one attached hydrogen (secondary N) is 1. The molecule has 0 unspecified atom stereocenters. The molecule has 2 amide bonds. The quantitative estimate of drug-likeness (QED) is 0.175. The molecule has 5 aromatic rings. The molecule has 0 saturated heterocycles. The second-order valence-electron chi connectivity index (χ2n) is 10.7. The Hall–Kier alpha value is -5.05. The molecule has 44 heavy (non-hydrogen) atoms. The Morgan fingerprint density at radius 1 is 0.864 bits per heavy atom. The van der Waals surface area contributed by atoms with Crippen molar-refractivity contribution in [3.05, 3.63) is 131 Å². The summed E-state index contributed by atoms with van der Waals surface area (Å²) < 4.78 is 1.90. The van der Waals surface area contributed by atoms with Crippen molar-refractivity contribution >= 4 is 29.9 Å². The van der Waals surface area contributed by atoms with Gasteiger partial charge in [-0.25, -0.2) is 0 Å². The van der Waals surface area contributed by atoms with E-state index in [0.717, 1.165) is 16.9 Å². The van der Waals surface area contributed by atoms with Crippen molar-refractivity contribution in [1.82, 2.24) is 9.47 Å². The van der Waals surface area contributed by atoms with Gasteiger partial charge in [0.2, 0.25) is 0 Å². The summed E-state index contributed by atoms with van der Waals surface area (Å²) in [4.78, 5) is 30.0. The molecule has 1 aliphatic rings. The summed E-state index contributed by atoms with van der Waals surface area (Å²) in [6, 6.07) is 28.3. The summed E-state index contributed by atoms with van der Waals surface area (Å²) in [7, 11) is 0. The molecule has 2 heterocycles. The third-order valence-corrected chi connectivity index (χ3v) is 8.05. The van der Waals surface area contributed by atoms with Gasteiger partial charge < -0.3 is 30.7 Å². The molecule has 0 saturated carbocycles. The Labute approximate surface area is 261 Å². The van der Waals surface area contributed by atoms with Gasteiger partial charge in [-0.3, -0.25) is 9.59 Å². The van der Waals surface area contributed by atoms with Gasteiger partial charge in [-0.15, -0.1) is 12.4 Å². The zero-order valence-corrected chi connectivity index (χ0v) is 24.9. The number of carbonyl (C=O) groups is 2. The maximum Gasteiger partial charge on any atom is 0.257 e. The zero-order valence-electron chi connectivity index (χ0n) is 24.1. The number of phenols is 2. The van der Waals surface area contributed by atoms with E-state index in [2.05, 4.69) is 11.4 Å². The maximum absolute atomic E-state index is 14.3. The van der Waals surface area contributed by atoms with Crippen LogP contribution in [0.15, 0.2) is 103 Å². The lowest BCUT2D eigenvalue weighted by Crippen LogP contribution is -2.48. The summed E-state index contributed by atoms with van der Waals surface area (Å²) in [5.41, 5.74) is 12.2. The molecule has 224 valence electrons. The van der Waals surface area contributed by atoms with Gasteiger partial charge in [-0.1, -0.05) is 42.5 Å². The van der Waals surface area contributed by atoms with Crippen LogP contribution in [0, 0.1) is 6.92 Å². The van der Waals surface area contributed by atoms with E-state index in [4.69, 9.17) is 5.73 Å². The molecule has 0 aliphatic carbocycles. The highest BCUT2D eigenvalue weighted by Crippen LogP contribution is 2.37. The predicted octanol–water partition coefficient (Wildman–Crippen LogP) is 6.06. The number of phenolic OH excluding ortho intramolecular Hbond substituents is 2. The van der Waals surface area contributed by atoms with E-state index in [1.54, 1.807) is 29.3 Å². The first-order chi connectivity index (χ1) is 20.8. The third kappa shape index (κ3) is 5.77. The molecule has 0 radical (unpaired) electrons. The average Bonchev–Trinajstić information content (AvgIpc) is 3.38. The normalized spacial score (nSPS) is 14.0. The first kappa shape index (κ1) is 30.4. The van der Waals surface area contributed by atoms with Gasteiger partial charge in [0.15, 0.2) is 0 Å². The molecule has 1 aliphatic heterocycles. The second-order valence-corrected chi connectivity index (χ2v) is 10.7. The largest absolute Gasteiger partial charge is 0.508 e. The zero-order chi connectivity index (χ0) is 30.1. The van der Waals surface area contributed by atoms with Crippen LogP contribution in [0.2, 0.25) is 0 Å². The SMILES string of the molecule is Cc1c(-c2cc(O)ccc2C(=O)N2Cc3ccccc3C[C@H]2CN)c(C(=O)Nc2ccc(O)cc2)cn1-c1ccccc1.Cl. The number of hydrogen-bond acceptors (Lipinski definition) is 5. The van der Waals surface area contributed by atoms with Crippen molar-refractivity contribution in [2.45, 2.75) is 25.9 Å². The molecular formula is C35H33ClN4O4. The van der Waals surface area contributed by atoms with Gasteiger partial charge in [0.1, 0.15) is 11.5 Å². The minimum atomic E-state index is -0.396. The lowest BCUT2D eigenvalue weighted by Gasteiger charge is -2.37. The molecule has 0 bridgehead atoms. The van der Waals surface area contributed by atoms with Crippen LogP contribution in [0.4, 0.5) is 5.69 Å². The number of anilines is 1. The number of halogens is 1. The van der Waals surface area contributed by atoms with Gasteiger partial charge in [0, 0.05) is 59.1 Å². The van der Waals surface area contributed by atoms with Crippen molar-refractivity contribution in [2.24, 2.45) is 5.73 Å². The van der Waals surface area contributed by atoms with Crippen molar-refractivity contribution in [3.63, 3.8) is 0 Å². The van der Waals surface area contributed by atoms with Gasteiger partial charge in [-0.05, 0) is 79.1 Å². The van der Waals surface area contributed by atoms with Crippen molar-refractivity contribution in [3.8, 4) is 28.3 Å². The van der Waals surface area contributed by atoms with E-state index in [9.17, 15) is 19.8 Å². The van der Waals surface area contributed by atoms with E-state index in [1.807, 2.05) is 60.0 Å². The van der Waals surface area contributed by atoms with Crippen LogP contribution >= 0.6 is 12.4 Å². The van der Waals surface area contributed by atoms with Crippen LogP contribution in [0.25, 0.3) is 16.8 Å². The third-order valence-electron chi connectivity index (χ3n) is 8.05. The summed E-state index contributed by atoms with van der Waals surface area (Å²) >= 11 is 0. The van der Waals surface area contributed by atoms with Crippen LogP contribution in [0.1, 0.15) is 37.5 Å². The van der Waals surface area contributed by atoms with E-state index in [0.29, 0.717) is 47.5 Å². The number of para-hydroxylation sites is 1. The smallest absolute Gasteiger partial charge is 0.257 e. The molecule has 6 rings (SSSR count). The summed E-state index contributed by atoms with van der Waals surface area (Å²) in [6.07, 6.45) is 2.39. The highest BCUT2D eigenvalue weighted by atomic mass is 35.5. The van der Waals surface area contributed by atoms with E-state index < -0.39 is 5.91 Å². The van der Waals surface area contributed by atoms with Crippen LogP contribution in [0.3, 0.4) is 0 Å². The molecule has 8 nitrogen and oxygen atoms in total. The van der Waals surface area contributed by atoms with Gasteiger partial charge in [0.05, 0.1) is 5.56 Å². The van der Waals surface area contributed by atoms with Gasteiger partial charge in [-0.2, -0.15) is 0 Å². The summed E-state index contributed by atoms with van der Waals surface area (Å²) in [6.45, 7) is 2.60. The number of fused-ring (bicyclic) bond motifs is 1. The van der Waals surface area contributed by atoms with Gasteiger partial charge >= 0.3 is 0 Å². The average molecular weight is 609 g/mol. The fourth-order valence-electron chi connectivity index (χ4n) is 5.83. The topological polar surface area (TPSA) is 121 Å². The van der Waals surface area contributed by atoms with Crippen LogP contribution in [-0.4, -0.2) is 44.1 Å². The van der Waals surface area contributed by atoms with Crippen molar-refractivity contribution in [2.75, 3.05) is 11.9 Å². The minimum Gasteiger partial charge on any atom is -0.508 e. The van der Waals surface area contributed by atoms with Crippen LogP contribution in [-0.2, 0) is 13.0 Å². The fraction of sp³-hybridized carbons (Fsp3) is 0.143. The van der Waals surface area contributed by atoms with Crippen molar-refractivity contribution < 1.29 is 19.8 Å². The molecule has 5 N–H and O–H groups in total. The van der Waals surface area contributed by atoms with Crippen molar-refractivity contribution in [1.29, 1.82) is 0 Å². The standard InChI is InChI=1S/C35H32N4O4.ClH/c1-22-33(32(21-38(22)26-9-3-2-4-10-26)34(42)37-25-11-13-28(40)14-12-25)31-18-29(41)15-16-30(31)35(43)39-20-24-8-6-5-7-23(24)17-27(39)19-36;/h2-16,18,21,27,40-41H,17,19-20,36H2,1H3,(H,37,42);1H/t27-;/m0./s1. The van der Waals surface area contributed by atoms with Crippen LogP contribution < -0.4 is 11.1 Å². The number of carbonyl (C=O) groups excluding carboxylic acids is 2. The molecule has 0 fully saturated rings. The van der Waals surface area contributed by atoms with Crippen LogP contribution in [0.5, 0.6) is 11.5 Å². The molecule has 4 aromatic carbocycles. The summed E-state index contributed by atoms with van der Waals surface area (Å²) in [5.74, 6) is -0.560. The number of amides is 2. The maximum atomic E-state index is 14.3. The summed E-state index contributed by atoms with van der Waals surface area (Å²) in [5, 5.41) is 23.2. The Morgan fingerprint density at radius 3 is 2.23 bits per heavy atom. The highest BCUT2D eigenvalue weighted by molar-refractivity contribution is 6.12. The second kappa shape index (κ2) is 12.7. The first-order valence-corrected chi connectivity index (χ1v) is 14.1. The highest BCUT2D eigenvalue weighted by Gasteiger charge is 2.32. The molecule has 1 atom stereocenters. The van der Waals surface area contributed by atoms with E-state index in [1.165, 1.54) is 29.8 Å². The molecular weight excluding hydrogens is 576 g/mol. The first-order valence-electron chi connectivity index (χ1n) is 14.1. The number of aromatic nitrogens is 1. The molecule has 1 aromatic heterocycles. The Morgan fingerprint density at radius 2 is 1.52 bits per heavy atom. The minimum absolute atomic E-state index is 0. The number of benzene rings is 4. The molecule has 9 heteroatoms. The monoisotopic (exact) mass is 608 g/mol. The lowest BCUT2D eigenvalue weighted by molar-refractivity contribution is 0.0648. The number of nitrogens with zero attached hydrogens (tertiary/aromatic N) is 2. The molecule has 0 spiro atoms. The lowest BCUT2D eigenvalue weighted by atomic mass is 9.91. The number of nitrogens with two attached hydrogens (primary N) is 1.